The van der Waals surface area contributed by atoms with E-state index in [2.05, 4.69) is 4.98 Å². The molecule has 0 saturated carbocycles. The predicted octanol–water partition coefficient (Wildman–Crippen LogP) is 1.61. The highest BCUT2D eigenvalue weighted by Gasteiger charge is 2.18. The number of carboxylic acid groups (broad SMARTS) is 1. The normalized spacial score (nSPS) is 10.6. The largest absolute Gasteiger partial charge is 0.478 e. The number of nitrogen functional groups attached to an aromatic ring is 1. The van der Waals surface area contributed by atoms with Crippen molar-refractivity contribution in [1.82, 2.24) is 4.98 Å². The van der Waals surface area contributed by atoms with Gasteiger partial charge in [0.15, 0.2) is 0 Å². The molecule has 0 unspecified atom stereocenters. The van der Waals surface area contributed by atoms with Gasteiger partial charge in [0.1, 0.15) is 5.69 Å². The van der Waals surface area contributed by atoms with Crippen LogP contribution in [0.4, 0.5) is 14.5 Å². The lowest BCUT2D eigenvalue weighted by atomic mass is 10.1. The Morgan fingerprint density at radius 2 is 2.21 bits per heavy atom. The van der Waals surface area contributed by atoms with Crippen molar-refractivity contribution in [3.63, 3.8) is 0 Å². The van der Waals surface area contributed by atoms with E-state index in [0.717, 1.165) is 6.20 Å². The summed E-state index contributed by atoms with van der Waals surface area (Å²) in [7, 11) is 0. The van der Waals surface area contributed by atoms with Crippen molar-refractivity contribution < 1.29 is 18.7 Å². The van der Waals surface area contributed by atoms with Gasteiger partial charge in [0.2, 0.25) is 0 Å². The van der Waals surface area contributed by atoms with E-state index >= 15 is 0 Å². The van der Waals surface area contributed by atoms with E-state index in [0.29, 0.717) is 0 Å². The van der Waals surface area contributed by atoms with Gasteiger partial charge >= 0.3 is 5.97 Å². The number of carbonyl (C=O) groups is 1. The van der Waals surface area contributed by atoms with E-state index in [1.165, 1.54) is 6.92 Å². The van der Waals surface area contributed by atoms with Crippen LogP contribution in [0, 0.1) is 6.92 Å². The maximum Gasteiger partial charge on any atom is 0.337 e. The molecule has 0 aliphatic rings. The average Bonchev–Trinajstić information content (AvgIpc) is 2.08. The standard InChI is InChI=1S/C8H8F2N2O2/c1-3-4(8(13)14)2-12-6(5(3)11)7(9)10/h2,7H,11H2,1H3,(H,13,14). The van der Waals surface area contributed by atoms with Gasteiger partial charge in [0, 0.05) is 6.20 Å². The van der Waals surface area contributed by atoms with Crippen molar-refractivity contribution in [2.45, 2.75) is 13.3 Å². The van der Waals surface area contributed by atoms with Crippen LogP contribution in [0.1, 0.15) is 28.0 Å². The molecule has 0 aliphatic carbocycles. The molecular formula is C8H8F2N2O2. The van der Waals surface area contributed by atoms with Crippen LogP contribution in [-0.2, 0) is 0 Å². The van der Waals surface area contributed by atoms with Gasteiger partial charge in [-0.05, 0) is 12.5 Å². The van der Waals surface area contributed by atoms with Gasteiger partial charge in [-0.2, -0.15) is 0 Å². The molecule has 76 valence electrons. The number of alkyl halides is 2. The number of nitrogens with two attached hydrogens (primary N) is 1. The van der Waals surface area contributed by atoms with Gasteiger partial charge in [-0.25, -0.2) is 13.6 Å². The van der Waals surface area contributed by atoms with Gasteiger partial charge in [0.05, 0.1) is 11.3 Å². The first-order valence-corrected chi connectivity index (χ1v) is 3.71. The predicted molar refractivity (Wildman–Crippen MR) is 45.3 cm³/mol. The van der Waals surface area contributed by atoms with Gasteiger partial charge in [-0.3, -0.25) is 4.98 Å². The fourth-order valence-electron chi connectivity index (χ4n) is 1.03. The molecule has 1 heterocycles. The summed E-state index contributed by atoms with van der Waals surface area (Å²) in [5, 5.41) is 8.64. The molecule has 0 spiro atoms. The summed E-state index contributed by atoms with van der Waals surface area (Å²) in [5.74, 6) is -1.23. The Balaban J connectivity index is 3.33. The molecule has 14 heavy (non-hydrogen) atoms. The molecule has 1 rings (SSSR count). The number of hydrogen-bond donors (Lipinski definition) is 2. The quantitative estimate of drug-likeness (QED) is 0.763. The van der Waals surface area contributed by atoms with Crippen LogP contribution in [0.3, 0.4) is 0 Å². The first kappa shape index (κ1) is 10.4. The minimum Gasteiger partial charge on any atom is -0.478 e. The van der Waals surface area contributed by atoms with Crippen LogP contribution in [-0.4, -0.2) is 16.1 Å². The SMILES string of the molecule is Cc1c(C(=O)O)cnc(C(F)F)c1N. The zero-order chi connectivity index (χ0) is 10.9. The Hall–Kier alpha value is -1.72. The molecule has 0 radical (unpaired) electrons. The number of rotatable bonds is 2. The smallest absolute Gasteiger partial charge is 0.337 e. The molecule has 0 fully saturated rings. The first-order chi connectivity index (χ1) is 6.45. The second-order valence-corrected chi connectivity index (χ2v) is 2.70. The van der Waals surface area contributed by atoms with Crippen LogP contribution in [0.25, 0.3) is 0 Å². The fourth-order valence-corrected chi connectivity index (χ4v) is 1.03. The van der Waals surface area contributed by atoms with Gasteiger partial charge in [0.25, 0.3) is 6.43 Å². The van der Waals surface area contributed by atoms with Crippen molar-refractivity contribution in [1.29, 1.82) is 0 Å². The topological polar surface area (TPSA) is 76.2 Å². The summed E-state index contributed by atoms with van der Waals surface area (Å²) in [4.78, 5) is 13.9. The van der Waals surface area contributed by atoms with E-state index in [9.17, 15) is 13.6 Å². The summed E-state index contributed by atoms with van der Waals surface area (Å²) in [6.45, 7) is 1.37. The number of pyridine rings is 1. The Labute approximate surface area is 78.4 Å². The lowest BCUT2D eigenvalue weighted by molar-refractivity contribution is 0.0695. The molecule has 1 aromatic rings. The monoisotopic (exact) mass is 202 g/mol. The molecule has 0 aliphatic heterocycles. The molecule has 0 amide bonds. The zero-order valence-corrected chi connectivity index (χ0v) is 7.29. The van der Waals surface area contributed by atoms with Crippen LogP contribution in [0.2, 0.25) is 0 Å². The maximum atomic E-state index is 12.3. The van der Waals surface area contributed by atoms with Crippen LogP contribution < -0.4 is 5.73 Å². The Morgan fingerprint density at radius 1 is 1.64 bits per heavy atom. The van der Waals surface area contributed by atoms with Crippen molar-refractivity contribution >= 4 is 11.7 Å². The van der Waals surface area contributed by atoms with E-state index < -0.39 is 18.1 Å². The molecule has 0 atom stereocenters. The molecule has 6 heteroatoms. The number of nitrogens with zero attached hydrogens (tertiary/aromatic N) is 1. The molecule has 4 nitrogen and oxygen atoms in total. The minimum absolute atomic E-state index is 0.114. The maximum absolute atomic E-state index is 12.3. The summed E-state index contributed by atoms with van der Waals surface area (Å²) in [6, 6.07) is 0. The van der Waals surface area contributed by atoms with Gasteiger partial charge in [-0.1, -0.05) is 0 Å². The van der Waals surface area contributed by atoms with E-state index in [1.807, 2.05) is 0 Å². The molecule has 0 aromatic carbocycles. The summed E-state index contributed by atoms with van der Waals surface area (Å²) in [5.41, 5.74) is 4.43. The van der Waals surface area contributed by atoms with Crippen molar-refractivity contribution in [2.24, 2.45) is 0 Å². The third-order valence-corrected chi connectivity index (χ3v) is 1.85. The molecule has 0 bridgehead atoms. The van der Waals surface area contributed by atoms with Crippen LogP contribution in [0.5, 0.6) is 0 Å². The van der Waals surface area contributed by atoms with Crippen LogP contribution in [0.15, 0.2) is 6.20 Å². The van der Waals surface area contributed by atoms with Gasteiger partial charge < -0.3 is 10.8 Å². The molecule has 1 aromatic heterocycles. The highest BCUT2D eigenvalue weighted by molar-refractivity contribution is 5.90. The first-order valence-electron chi connectivity index (χ1n) is 3.71. The number of aromatic nitrogens is 1. The van der Waals surface area contributed by atoms with E-state index in [4.69, 9.17) is 10.8 Å². The highest BCUT2D eigenvalue weighted by Crippen LogP contribution is 2.26. The number of hydrogen-bond acceptors (Lipinski definition) is 3. The highest BCUT2D eigenvalue weighted by atomic mass is 19.3. The lowest BCUT2D eigenvalue weighted by Gasteiger charge is -2.08. The summed E-state index contributed by atoms with van der Waals surface area (Å²) in [6.07, 6.45) is -1.91. The molecule has 0 saturated heterocycles. The molecular weight excluding hydrogens is 194 g/mol. The lowest BCUT2D eigenvalue weighted by Crippen LogP contribution is -2.08. The Kier molecular flexibility index (Phi) is 2.64. The van der Waals surface area contributed by atoms with E-state index in [1.54, 1.807) is 0 Å². The molecule has 3 N–H and O–H groups in total. The zero-order valence-electron chi connectivity index (χ0n) is 7.29. The minimum atomic E-state index is -2.79. The van der Waals surface area contributed by atoms with Crippen molar-refractivity contribution in [2.75, 3.05) is 5.73 Å². The second-order valence-electron chi connectivity index (χ2n) is 2.70. The van der Waals surface area contributed by atoms with Crippen LogP contribution >= 0.6 is 0 Å². The summed E-state index contributed by atoms with van der Waals surface area (Å²) < 4.78 is 24.5. The van der Waals surface area contributed by atoms with Crippen molar-refractivity contribution in [3.8, 4) is 0 Å². The fraction of sp³-hybridized carbons (Fsp3) is 0.250. The number of carboxylic acids is 1. The Morgan fingerprint density at radius 3 is 2.64 bits per heavy atom. The number of aromatic carboxylic acids is 1. The van der Waals surface area contributed by atoms with E-state index in [-0.39, 0.29) is 16.8 Å². The second kappa shape index (κ2) is 3.57. The third kappa shape index (κ3) is 1.63. The number of anilines is 1. The number of halogens is 2. The summed E-state index contributed by atoms with van der Waals surface area (Å²) >= 11 is 0. The third-order valence-electron chi connectivity index (χ3n) is 1.85. The Bertz CT molecular complexity index is 380. The average molecular weight is 202 g/mol. The van der Waals surface area contributed by atoms with Crippen molar-refractivity contribution in [3.05, 3.63) is 23.0 Å². The van der Waals surface area contributed by atoms with Gasteiger partial charge in [-0.15, -0.1) is 0 Å².